The molecule has 1 fully saturated rings. The van der Waals surface area contributed by atoms with Gasteiger partial charge in [-0.25, -0.2) is 0 Å². The first-order valence-electron chi connectivity index (χ1n) is 11.8. The van der Waals surface area contributed by atoms with Crippen molar-refractivity contribution in [1.82, 2.24) is 25.5 Å². The van der Waals surface area contributed by atoms with Crippen molar-refractivity contribution in [3.63, 3.8) is 0 Å². The van der Waals surface area contributed by atoms with Crippen LogP contribution < -0.4 is 15.0 Å². The van der Waals surface area contributed by atoms with Crippen LogP contribution in [0.15, 0.2) is 48.5 Å². The quantitative estimate of drug-likeness (QED) is 0.482. The van der Waals surface area contributed by atoms with E-state index in [1.807, 2.05) is 6.92 Å². The summed E-state index contributed by atoms with van der Waals surface area (Å²) < 4.78 is 5.36. The van der Waals surface area contributed by atoms with Crippen LogP contribution >= 0.6 is 11.6 Å². The second-order valence-electron chi connectivity index (χ2n) is 8.53. The van der Waals surface area contributed by atoms with E-state index in [9.17, 15) is 9.59 Å². The molecule has 2 aromatic carbocycles. The third kappa shape index (κ3) is 5.97. The van der Waals surface area contributed by atoms with Crippen molar-refractivity contribution >= 4 is 29.1 Å². The van der Waals surface area contributed by atoms with Crippen molar-refractivity contribution in [1.29, 1.82) is 0 Å². The van der Waals surface area contributed by atoms with Crippen LogP contribution in [-0.2, 0) is 16.1 Å². The van der Waals surface area contributed by atoms with E-state index in [-0.39, 0.29) is 24.4 Å². The van der Waals surface area contributed by atoms with Crippen LogP contribution in [0, 0.1) is 0 Å². The van der Waals surface area contributed by atoms with E-state index in [4.69, 9.17) is 16.3 Å². The minimum atomic E-state index is -0.686. The average molecular weight is 497 g/mol. The molecule has 1 aliphatic carbocycles. The van der Waals surface area contributed by atoms with Crippen LogP contribution in [0.4, 0.5) is 5.69 Å². The standard InChI is InChI=1S/C25H29ClN6O3/c1-3-22(25(34)27-19-7-4-5-8-19)32(20-9-6-10-21(15-20)35-2)23(33)16-31-29-24(28-30-31)17-11-13-18(26)14-12-17/h6,9-15,19,22H,3-5,7-8,16H2,1-2H3,(H,27,34). The topological polar surface area (TPSA) is 102 Å². The van der Waals surface area contributed by atoms with E-state index in [0.717, 1.165) is 31.2 Å². The van der Waals surface area contributed by atoms with Gasteiger partial charge in [0, 0.05) is 28.4 Å². The molecule has 2 amide bonds. The van der Waals surface area contributed by atoms with Crippen molar-refractivity contribution in [2.24, 2.45) is 0 Å². The summed E-state index contributed by atoms with van der Waals surface area (Å²) in [5, 5.41) is 16.2. The zero-order chi connectivity index (χ0) is 24.8. The van der Waals surface area contributed by atoms with Crippen molar-refractivity contribution in [3.8, 4) is 17.1 Å². The zero-order valence-electron chi connectivity index (χ0n) is 19.9. The van der Waals surface area contributed by atoms with Gasteiger partial charge in [0.1, 0.15) is 18.3 Å². The number of ether oxygens (including phenoxy) is 1. The second kappa shape index (κ2) is 11.3. The molecule has 1 atom stereocenters. The van der Waals surface area contributed by atoms with Gasteiger partial charge in [0.15, 0.2) is 0 Å². The maximum absolute atomic E-state index is 13.6. The number of nitrogens with one attached hydrogen (secondary N) is 1. The minimum absolute atomic E-state index is 0.151. The first kappa shape index (κ1) is 24.7. The van der Waals surface area contributed by atoms with Crippen LogP contribution in [0.3, 0.4) is 0 Å². The molecule has 1 saturated carbocycles. The third-order valence-electron chi connectivity index (χ3n) is 6.13. The van der Waals surface area contributed by atoms with Gasteiger partial charge in [-0.15, -0.1) is 10.2 Å². The Kier molecular flexibility index (Phi) is 7.97. The number of amides is 2. The number of methoxy groups -OCH3 is 1. The number of hydrogen-bond acceptors (Lipinski definition) is 6. The van der Waals surface area contributed by atoms with E-state index >= 15 is 0 Å². The highest BCUT2D eigenvalue weighted by Gasteiger charge is 2.32. The Labute approximate surface area is 209 Å². The molecule has 0 radical (unpaired) electrons. The normalized spacial score (nSPS) is 14.5. The minimum Gasteiger partial charge on any atom is -0.497 e. The van der Waals surface area contributed by atoms with Crippen LogP contribution in [-0.4, -0.2) is 51.2 Å². The molecule has 3 aromatic rings. The highest BCUT2D eigenvalue weighted by molar-refractivity contribution is 6.30. The van der Waals surface area contributed by atoms with Crippen LogP contribution in [0.25, 0.3) is 11.4 Å². The molecular formula is C25H29ClN6O3. The predicted octanol–water partition coefficient (Wildman–Crippen LogP) is 3.87. The molecular weight excluding hydrogens is 468 g/mol. The summed E-state index contributed by atoms with van der Waals surface area (Å²) in [6.07, 6.45) is 4.59. The smallest absolute Gasteiger partial charge is 0.251 e. The monoisotopic (exact) mass is 496 g/mol. The Bertz CT molecular complexity index is 1160. The number of aromatic nitrogens is 4. The lowest BCUT2D eigenvalue weighted by Gasteiger charge is -2.31. The lowest BCUT2D eigenvalue weighted by Crippen LogP contribution is -2.52. The first-order chi connectivity index (χ1) is 17.0. The SMILES string of the molecule is CCC(C(=O)NC1CCCC1)N(C(=O)Cn1nnc(-c2ccc(Cl)cc2)n1)c1cccc(OC)c1. The number of benzene rings is 2. The number of nitrogens with zero attached hydrogens (tertiary/aromatic N) is 5. The number of tetrazole rings is 1. The summed E-state index contributed by atoms with van der Waals surface area (Å²) >= 11 is 5.96. The summed E-state index contributed by atoms with van der Waals surface area (Å²) in [4.78, 5) is 29.6. The van der Waals surface area contributed by atoms with Crippen molar-refractivity contribution in [2.45, 2.75) is 57.7 Å². The van der Waals surface area contributed by atoms with Gasteiger partial charge in [-0.2, -0.15) is 4.80 Å². The van der Waals surface area contributed by atoms with Gasteiger partial charge in [0.2, 0.25) is 11.7 Å². The molecule has 10 heteroatoms. The summed E-state index contributed by atoms with van der Waals surface area (Å²) in [5.41, 5.74) is 1.31. The Balaban J connectivity index is 1.59. The molecule has 184 valence electrons. The van der Waals surface area contributed by atoms with E-state index in [1.165, 1.54) is 9.70 Å². The molecule has 0 bridgehead atoms. The molecule has 0 saturated heterocycles. The van der Waals surface area contributed by atoms with Gasteiger partial charge in [-0.1, -0.05) is 37.4 Å². The fraction of sp³-hybridized carbons (Fsp3) is 0.400. The van der Waals surface area contributed by atoms with Gasteiger partial charge >= 0.3 is 0 Å². The van der Waals surface area contributed by atoms with Crippen LogP contribution in [0.2, 0.25) is 5.02 Å². The molecule has 0 aliphatic heterocycles. The van der Waals surface area contributed by atoms with Gasteiger partial charge in [0.05, 0.1) is 7.11 Å². The Hall–Kier alpha value is -3.46. The number of halogens is 1. The molecule has 1 unspecified atom stereocenters. The largest absolute Gasteiger partial charge is 0.497 e. The molecule has 4 rings (SSSR count). The molecule has 1 N–H and O–H groups in total. The highest BCUT2D eigenvalue weighted by atomic mass is 35.5. The average Bonchev–Trinajstić information content (AvgIpc) is 3.55. The zero-order valence-corrected chi connectivity index (χ0v) is 20.6. The summed E-state index contributed by atoms with van der Waals surface area (Å²) in [6.45, 7) is 1.72. The number of hydrogen-bond donors (Lipinski definition) is 1. The maximum Gasteiger partial charge on any atom is 0.251 e. The highest BCUT2D eigenvalue weighted by Crippen LogP contribution is 2.26. The number of carbonyl (C=O) groups is 2. The third-order valence-corrected chi connectivity index (χ3v) is 6.39. The number of anilines is 1. The molecule has 1 aromatic heterocycles. The van der Waals surface area contributed by atoms with Gasteiger partial charge in [-0.05, 0) is 60.9 Å². The number of rotatable bonds is 9. The molecule has 0 spiro atoms. The summed E-state index contributed by atoms with van der Waals surface area (Å²) in [7, 11) is 1.56. The van der Waals surface area contributed by atoms with Crippen molar-refractivity contribution in [2.75, 3.05) is 12.0 Å². The molecule has 1 heterocycles. The van der Waals surface area contributed by atoms with E-state index in [0.29, 0.717) is 28.7 Å². The van der Waals surface area contributed by atoms with Gasteiger partial charge < -0.3 is 10.1 Å². The van der Waals surface area contributed by atoms with E-state index in [2.05, 4.69) is 20.7 Å². The second-order valence-corrected chi connectivity index (χ2v) is 8.97. The molecule has 9 nitrogen and oxygen atoms in total. The Morgan fingerprint density at radius 3 is 2.63 bits per heavy atom. The number of carbonyl (C=O) groups excluding carboxylic acids is 2. The van der Waals surface area contributed by atoms with Crippen molar-refractivity contribution < 1.29 is 14.3 Å². The molecule has 35 heavy (non-hydrogen) atoms. The first-order valence-corrected chi connectivity index (χ1v) is 12.2. The Morgan fingerprint density at radius 1 is 1.20 bits per heavy atom. The lowest BCUT2D eigenvalue weighted by molar-refractivity contribution is -0.127. The van der Waals surface area contributed by atoms with Crippen LogP contribution in [0.1, 0.15) is 39.0 Å². The predicted molar refractivity (Wildman–Crippen MR) is 133 cm³/mol. The maximum atomic E-state index is 13.6. The van der Waals surface area contributed by atoms with Gasteiger partial charge in [0.25, 0.3) is 5.91 Å². The fourth-order valence-electron chi connectivity index (χ4n) is 4.33. The summed E-state index contributed by atoms with van der Waals surface area (Å²) in [6, 6.07) is 13.6. The molecule has 1 aliphatic rings. The van der Waals surface area contributed by atoms with Gasteiger partial charge in [-0.3, -0.25) is 14.5 Å². The lowest BCUT2D eigenvalue weighted by atomic mass is 10.1. The van der Waals surface area contributed by atoms with E-state index in [1.54, 1.807) is 55.6 Å². The summed E-state index contributed by atoms with van der Waals surface area (Å²) in [5.74, 6) is 0.486. The Morgan fingerprint density at radius 2 is 1.94 bits per heavy atom. The van der Waals surface area contributed by atoms with Crippen LogP contribution in [0.5, 0.6) is 5.75 Å². The fourth-order valence-corrected chi connectivity index (χ4v) is 4.46. The van der Waals surface area contributed by atoms with E-state index < -0.39 is 6.04 Å². The van der Waals surface area contributed by atoms with Crippen molar-refractivity contribution in [3.05, 3.63) is 53.6 Å².